The lowest BCUT2D eigenvalue weighted by molar-refractivity contribution is 0.264. The van der Waals surface area contributed by atoms with E-state index in [2.05, 4.69) is 19.4 Å². The van der Waals surface area contributed by atoms with Gasteiger partial charge < -0.3 is 20.2 Å². The fourth-order valence-electron chi connectivity index (χ4n) is 2.67. The van der Waals surface area contributed by atoms with E-state index in [1.54, 1.807) is 6.07 Å². The van der Waals surface area contributed by atoms with Crippen molar-refractivity contribution in [3.63, 3.8) is 0 Å². The number of hydrogen-bond donors (Lipinski definition) is 3. The normalized spacial score (nSPS) is 17.2. The first-order valence-corrected chi connectivity index (χ1v) is 13.7. The summed E-state index contributed by atoms with van der Waals surface area (Å²) in [5, 5.41) is 18.3. The van der Waals surface area contributed by atoms with Crippen molar-refractivity contribution in [1.29, 1.82) is 0 Å². The third-order valence-corrected chi connectivity index (χ3v) is 8.46. The van der Waals surface area contributed by atoms with Gasteiger partial charge in [0.1, 0.15) is 12.0 Å². The zero-order valence-corrected chi connectivity index (χ0v) is 22.5. The average molecular weight is 538 g/mol. The molecule has 33 heavy (non-hydrogen) atoms. The number of nitrogens with one attached hydrogen (secondary N) is 2. The molecule has 10 nitrogen and oxygen atoms in total. The summed E-state index contributed by atoms with van der Waals surface area (Å²) >= 11 is 4.96. The molecule has 2 atom stereocenters. The Kier molecular flexibility index (Phi) is 8.74. The lowest BCUT2D eigenvalue weighted by Crippen LogP contribution is -2.41. The van der Waals surface area contributed by atoms with Gasteiger partial charge in [0.2, 0.25) is 0 Å². The van der Waals surface area contributed by atoms with E-state index in [0.717, 1.165) is 15.6 Å². The van der Waals surface area contributed by atoms with Crippen molar-refractivity contribution in [2.45, 2.75) is 44.9 Å². The molecule has 0 saturated carbocycles. The highest BCUT2D eigenvalue weighted by Crippen LogP contribution is 2.39. The number of thiophene rings is 1. The van der Waals surface area contributed by atoms with Gasteiger partial charge in [-0.1, -0.05) is 46.2 Å². The van der Waals surface area contributed by atoms with Crippen LogP contribution in [0.2, 0.25) is 5.02 Å². The van der Waals surface area contributed by atoms with E-state index in [1.807, 2.05) is 34.6 Å². The summed E-state index contributed by atoms with van der Waals surface area (Å²) in [7, 11) is -1.09. The smallest absolute Gasteiger partial charge is 0.269 e. The average Bonchev–Trinajstić information content (AvgIpc) is 3.40. The van der Waals surface area contributed by atoms with Crippen LogP contribution in [0.4, 0.5) is 5.69 Å². The third-order valence-electron chi connectivity index (χ3n) is 4.28. The number of furan rings is 1. The van der Waals surface area contributed by atoms with Gasteiger partial charge in [-0.05, 0) is 5.41 Å². The van der Waals surface area contributed by atoms with Crippen LogP contribution in [0, 0.1) is 5.41 Å². The minimum atomic E-state index is -3.83. The summed E-state index contributed by atoms with van der Waals surface area (Å²) in [6, 6.07) is 1.27. The number of sulfonamides is 1. The molecule has 1 unspecified atom stereocenters. The number of anilines is 1. The number of aromatic hydroxyl groups is 1. The van der Waals surface area contributed by atoms with Crippen LogP contribution < -0.4 is 10.6 Å². The Bertz CT molecular complexity index is 1180. The number of hydrogen-bond acceptors (Lipinski definition) is 8. The molecule has 0 saturated heterocycles. The highest BCUT2D eigenvalue weighted by Gasteiger charge is 2.34. The van der Waals surface area contributed by atoms with E-state index in [1.165, 1.54) is 25.7 Å². The maximum absolute atomic E-state index is 12.3. The van der Waals surface area contributed by atoms with E-state index in [9.17, 15) is 17.7 Å². The Morgan fingerprint density at radius 3 is 2.36 bits per heavy atom. The van der Waals surface area contributed by atoms with Gasteiger partial charge in [-0.3, -0.25) is 0 Å². The number of nitrogens with zero attached hydrogens (tertiary/aromatic N) is 3. The van der Waals surface area contributed by atoms with Crippen LogP contribution in [-0.2, 0) is 21.2 Å². The first-order chi connectivity index (χ1) is 15.3. The minimum absolute atomic E-state index is 0.0899. The quantitative estimate of drug-likeness (QED) is 0.521. The van der Waals surface area contributed by atoms with Crippen LogP contribution in [-0.4, -0.2) is 47.8 Å². The lowest BCUT2D eigenvalue weighted by atomic mass is 9.85. The molecule has 0 aromatic carbocycles. The molecule has 14 heteroatoms. The lowest BCUT2D eigenvalue weighted by Gasteiger charge is -2.30. The zero-order valence-electron chi connectivity index (χ0n) is 19.3. The van der Waals surface area contributed by atoms with E-state index >= 15 is 0 Å². The predicted molar refractivity (Wildman–Crippen MR) is 134 cm³/mol. The largest absolute Gasteiger partial charge is 0.504 e. The molecule has 2 aromatic heterocycles. The topological polar surface area (TPSA) is 137 Å². The summed E-state index contributed by atoms with van der Waals surface area (Å²) in [6.07, 6.45) is 1.41. The standard InChI is InChI=1S/C17H22ClN5O5S3.C2H6/c1-17(2,3)13(11-6-9(18)7-28-11)20-15-14(21-30(25)22-15)19-10-8-29-16(12(10)24)31(26,27)23(4)5;1-2/h6-8,13,24H,1-5H3,(H,19,21)(H,20,22);1-2H3/t13-,30?;/m0./s1. The fourth-order valence-corrected chi connectivity index (χ4v) is 5.83. The number of rotatable bonds is 5. The summed E-state index contributed by atoms with van der Waals surface area (Å²) < 4.78 is 51.0. The Hall–Kier alpha value is -1.93. The third kappa shape index (κ3) is 6.15. The second-order valence-electron chi connectivity index (χ2n) is 7.92. The molecule has 0 radical (unpaired) electrons. The first kappa shape index (κ1) is 27.3. The molecule has 184 valence electrons. The summed E-state index contributed by atoms with van der Waals surface area (Å²) in [5.74, 6) is 0.360. The van der Waals surface area contributed by atoms with Crippen LogP contribution in [0.5, 0.6) is 5.75 Å². The SMILES string of the molecule is CC.CN(C)S(=O)(=O)c1scc(NC2=NS(=O)N=C2N[C@@H](c2cc(Cl)co2)C(C)(C)C)c1O. The van der Waals surface area contributed by atoms with Gasteiger partial charge >= 0.3 is 0 Å². The van der Waals surface area contributed by atoms with Crippen molar-refractivity contribution in [1.82, 2.24) is 9.62 Å². The molecular formula is C19H28ClN5O5S3. The molecule has 0 aliphatic carbocycles. The monoisotopic (exact) mass is 537 g/mol. The highest BCUT2D eigenvalue weighted by atomic mass is 35.5. The van der Waals surface area contributed by atoms with Gasteiger partial charge in [-0.15, -0.1) is 20.1 Å². The molecule has 3 N–H and O–H groups in total. The van der Waals surface area contributed by atoms with Gasteiger partial charge in [-0.25, -0.2) is 16.9 Å². The van der Waals surface area contributed by atoms with Crippen molar-refractivity contribution >= 4 is 61.5 Å². The van der Waals surface area contributed by atoms with Gasteiger partial charge in [0.25, 0.3) is 21.2 Å². The maximum atomic E-state index is 12.3. The van der Waals surface area contributed by atoms with E-state index in [4.69, 9.17) is 16.0 Å². The molecule has 0 amide bonds. The molecule has 0 bridgehead atoms. The first-order valence-electron chi connectivity index (χ1n) is 9.91. The second kappa shape index (κ2) is 10.6. The summed E-state index contributed by atoms with van der Waals surface area (Å²) in [5.41, 5.74) is -0.248. The van der Waals surface area contributed by atoms with E-state index < -0.39 is 33.0 Å². The molecular weight excluding hydrogens is 510 g/mol. The van der Waals surface area contributed by atoms with Crippen molar-refractivity contribution < 1.29 is 22.2 Å². The Labute approximate surface area is 205 Å². The van der Waals surface area contributed by atoms with Crippen molar-refractivity contribution in [3.05, 3.63) is 28.5 Å². The van der Waals surface area contributed by atoms with Crippen LogP contribution in [0.1, 0.15) is 46.4 Å². The predicted octanol–water partition coefficient (Wildman–Crippen LogP) is 4.15. The Morgan fingerprint density at radius 1 is 1.24 bits per heavy atom. The zero-order chi connectivity index (χ0) is 25.1. The molecule has 0 fully saturated rings. The number of amidine groups is 2. The van der Waals surface area contributed by atoms with Crippen LogP contribution in [0.15, 0.2) is 35.1 Å². The molecule has 0 spiro atoms. The van der Waals surface area contributed by atoms with Crippen molar-refractivity contribution in [3.8, 4) is 5.75 Å². The highest BCUT2D eigenvalue weighted by molar-refractivity contribution is 7.91. The Morgan fingerprint density at radius 2 is 1.85 bits per heavy atom. The Balaban J connectivity index is 0.00000187. The fraction of sp³-hybridized carbons (Fsp3) is 0.474. The molecule has 1 aliphatic rings. The molecule has 3 rings (SSSR count). The van der Waals surface area contributed by atoms with Crippen LogP contribution in [0.25, 0.3) is 0 Å². The maximum Gasteiger partial charge on any atom is 0.269 e. The van der Waals surface area contributed by atoms with E-state index in [0.29, 0.717) is 10.8 Å². The summed E-state index contributed by atoms with van der Waals surface area (Å²) in [4.78, 5) is 0. The van der Waals surface area contributed by atoms with Crippen LogP contribution >= 0.6 is 22.9 Å². The van der Waals surface area contributed by atoms with Gasteiger partial charge in [0.15, 0.2) is 21.6 Å². The summed E-state index contributed by atoms with van der Waals surface area (Å²) in [6.45, 7) is 9.92. The van der Waals surface area contributed by atoms with E-state index in [-0.39, 0.29) is 27.0 Å². The molecule has 2 aromatic rings. The van der Waals surface area contributed by atoms with Gasteiger partial charge in [0, 0.05) is 25.5 Å². The van der Waals surface area contributed by atoms with Gasteiger partial charge in [0.05, 0.1) is 16.8 Å². The second-order valence-corrected chi connectivity index (χ2v) is 12.4. The number of halogens is 1. The molecule has 1 aliphatic heterocycles. The van der Waals surface area contributed by atoms with Crippen molar-refractivity contribution in [2.75, 3.05) is 19.4 Å². The molecule has 3 heterocycles. The van der Waals surface area contributed by atoms with Gasteiger partial charge in [-0.2, -0.15) is 0 Å². The van der Waals surface area contributed by atoms with Crippen LogP contribution in [0.3, 0.4) is 0 Å². The van der Waals surface area contributed by atoms with Crippen molar-refractivity contribution in [2.24, 2.45) is 14.2 Å². The minimum Gasteiger partial charge on any atom is -0.504 e.